The molecular formula is C10H8N2O4. The highest BCUT2D eigenvalue weighted by Gasteiger charge is 2.11. The van der Waals surface area contributed by atoms with Crippen molar-refractivity contribution in [1.82, 2.24) is 10.2 Å². The second-order valence-corrected chi connectivity index (χ2v) is 3.01. The van der Waals surface area contributed by atoms with Gasteiger partial charge in [0.25, 0.3) is 5.88 Å². The minimum absolute atomic E-state index is 0.0885. The van der Waals surface area contributed by atoms with E-state index in [0.717, 1.165) is 0 Å². The average molecular weight is 220 g/mol. The number of H-pyrrole nitrogens is 1. The molecule has 1 N–H and O–H groups in total. The monoisotopic (exact) mass is 220 g/mol. The SMILES string of the molecule is COC(=O)Oc1n[nH]c2ccc(C=O)cc12. The maximum atomic E-state index is 10.9. The number of aldehydes is 1. The number of nitrogens with one attached hydrogen (secondary N) is 1. The molecule has 0 fully saturated rings. The Morgan fingerprint density at radius 1 is 1.50 bits per heavy atom. The molecule has 82 valence electrons. The van der Waals surface area contributed by atoms with E-state index in [4.69, 9.17) is 4.74 Å². The van der Waals surface area contributed by atoms with Crippen LogP contribution >= 0.6 is 0 Å². The van der Waals surface area contributed by atoms with Crippen LogP contribution in [0.3, 0.4) is 0 Å². The van der Waals surface area contributed by atoms with E-state index in [1.54, 1.807) is 18.2 Å². The topological polar surface area (TPSA) is 81.3 Å². The highest BCUT2D eigenvalue weighted by atomic mass is 16.7. The molecule has 1 aromatic heterocycles. The predicted octanol–water partition coefficient (Wildman–Crippen LogP) is 1.52. The lowest BCUT2D eigenvalue weighted by Crippen LogP contribution is -2.07. The van der Waals surface area contributed by atoms with Crippen LogP contribution in [0.5, 0.6) is 5.88 Å². The van der Waals surface area contributed by atoms with Gasteiger partial charge in [-0.3, -0.25) is 9.89 Å². The molecule has 0 unspecified atom stereocenters. The second kappa shape index (κ2) is 4.01. The van der Waals surface area contributed by atoms with Crippen molar-refractivity contribution in [2.24, 2.45) is 0 Å². The van der Waals surface area contributed by atoms with Crippen LogP contribution in [0.2, 0.25) is 0 Å². The molecule has 6 nitrogen and oxygen atoms in total. The number of hydrogen-bond acceptors (Lipinski definition) is 5. The second-order valence-electron chi connectivity index (χ2n) is 3.01. The summed E-state index contributed by atoms with van der Waals surface area (Å²) in [5.74, 6) is 0.0885. The quantitative estimate of drug-likeness (QED) is 0.613. The maximum absolute atomic E-state index is 10.9. The maximum Gasteiger partial charge on any atom is 0.514 e. The van der Waals surface area contributed by atoms with Crippen molar-refractivity contribution in [1.29, 1.82) is 0 Å². The van der Waals surface area contributed by atoms with E-state index in [2.05, 4.69) is 14.9 Å². The van der Waals surface area contributed by atoms with Crippen LogP contribution in [0.4, 0.5) is 4.79 Å². The van der Waals surface area contributed by atoms with Crippen LogP contribution in [0.25, 0.3) is 10.9 Å². The van der Waals surface area contributed by atoms with E-state index >= 15 is 0 Å². The summed E-state index contributed by atoms with van der Waals surface area (Å²) in [7, 11) is 1.20. The van der Waals surface area contributed by atoms with Crippen molar-refractivity contribution < 1.29 is 19.1 Å². The molecule has 0 aliphatic heterocycles. The van der Waals surface area contributed by atoms with Crippen molar-refractivity contribution in [2.45, 2.75) is 0 Å². The number of carbonyl (C=O) groups excluding carboxylic acids is 2. The lowest BCUT2D eigenvalue weighted by atomic mass is 10.2. The van der Waals surface area contributed by atoms with Crippen LogP contribution in [0.1, 0.15) is 10.4 Å². The Morgan fingerprint density at radius 2 is 2.31 bits per heavy atom. The highest BCUT2D eigenvalue weighted by molar-refractivity contribution is 5.90. The summed E-state index contributed by atoms with van der Waals surface area (Å²) in [4.78, 5) is 21.5. The molecule has 0 spiro atoms. The van der Waals surface area contributed by atoms with Crippen molar-refractivity contribution in [3.63, 3.8) is 0 Å². The minimum Gasteiger partial charge on any atom is -0.437 e. The Labute approximate surface area is 90.2 Å². The molecule has 0 aliphatic rings. The van der Waals surface area contributed by atoms with E-state index < -0.39 is 6.16 Å². The minimum atomic E-state index is -0.857. The summed E-state index contributed by atoms with van der Waals surface area (Å²) in [5.41, 5.74) is 1.15. The van der Waals surface area contributed by atoms with Gasteiger partial charge in [-0.05, 0) is 18.2 Å². The third-order valence-electron chi connectivity index (χ3n) is 2.03. The highest BCUT2D eigenvalue weighted by Crippen LogP contribution is 2.23. The summed E-state index contributed by atoms with van der Waals surface area (Å²) >= 11 is 0. The Kier molecular flexibility index (Phi) is 2.55. The Hall–Kier alpha value is -2.37. The van der Waals surface area contributed by atoms with E-state index in [0.29, 0.717) is 22.8 Å². The first-order valence-electron chi connectivity index (χ1n) is 4.43. The van der Waals surface area contributed by atoms with Crippen molar-refractivity contribution in [3.05, 3.63) is 23.8 Å². The molecule has 0 saturated heterocycles. The van der Waals surface area contributed by atoms with Gasteiger partial charge in [0.1, 0.15) is 6.29 Å². The Morgan fingerprint density at radius 3 is 3.00 bits per heavy atom. The summed E-state index contributed by atoms with van der Waals surface area (Å²) in [6.45, 7) is 0. The van der Waals surface area contributed by atoms with Crippen LogP contribution in [-0.2, 0) is 4.74 Å². The van der Waals surface area contributed by atoms with Gasteiger partial charge in [0.05, 0.1) is 18.0 Å². The number of rotatable bonds is 2. The Bertz CT molecular complexity index is 547. The van der Waals surface area contributed by atoms with Crippen LogP contribution in [0.15, 0.2) is 18.2 Å². The zero-order valence-corrected chi connectivity index (χ0v) is 8.39. The molecule has 16 heavy (non-hydrogen) atoms. The average Bonchev–Trinajstić information content (AvgIpc) is 2.71. The van der Waals surface area contributed by atoms with Gasteiger partial charge in [0.2, 0.25) is 0 Å². The number of carbonyl (C=O) groups is 2. The fourth-order valence-corrected chi connectivity index (χ4v) is 1.28. The molecule has 2 aromatic rings. The van der Waals surface area contributed by atoms with Gasteiger partial charge in [0, 0.05) is 5.56 Å². The van der Waals surface area contributed by atoms with Crippen molar-refractivity contribution in [3.8, 4) is 5.88 Å². The molecule has 0 amide bonds. The van der Waals surface area contributed by atoms with E-state index in [9.17, 15) is 9.59 Å². The van der Waals surface area contributed by atoms with Crippen LogP contribution < -0.4 is 4.74 Å². The third kappa shape index (κ3) is 1.72. The van der Waals surface area contributed by atoms with Crippen molar-refractivity contribution >= 4 is 23.3 Å². The lowest BCUT2D eigenvalue weighted by Gasteiger charge is -1.98. The number of methoxy groups -OCH3 is 1. The predicted molar refractivity (Wildman–Crippen MR) is 54.5 cm³/mol. The standard InChI is InChI=1S/C10H8N2O4/c1-15-10(14)16-9-7-4-6(5-13)2-3-8(7)11-12-9/h2-5H,1H3,(H,11,12). The van der Waals surface area contributed by atoms with E-state index in [1.165, 1.54) is 7.11 Å². The number of benzene rings is 1. The van der Waals surface area contributed by atoms with Gasteiger partial charge < -0.3 is 9.47 Å². The summed E-state index contributed by atoms with van der Waals surface area (Å²) < 4.78 is 9.14. The van der Waals surface area contributed by atoms with Gasteiger partial charge in [-0.1, -0.05) is 0 Å². The lowest BCUT2D eigenvalue weighted by molar-refractivity contribution is 0.112. The summed E-state index contributed by atoms with van der Waals surface area (Å²) in [6.07, 6.45) is -0.154. The number of nitrogens with zero attached hydrogens (tertiary/aromatic N) is 1. The fraction of sp³-hybridized carbons (Fsp3) is 0.100. The zero-order valence-electron chi connectivity index (χ0n) is 8.39. The first-order valence-corrected chi connectivity index (χ1v) is 4.43. The summed E-state index contributed by atoms with van der Waals surface area (Å²) in [6, 6.07) is 4.88. The molecule has 1 heterocycles. The van der Waals surface area contributed by atoms with Gasteiger partial charge in [-0.2, -0.15) is 0 Å². The van der Waals surface area contributed by atoms with E-state index in [-0.39, 0.29) is 5.88 Å². The number of ether oxygens (including phenoxy) is 2. The molecular weight excluding hydrogens is 212 g/mol. The molecule has 1 aromatic carbocycles. The van der Waals surface area contributed by atoms with E-state index in [1.807, 2.05) is 0 Å². The molecule has 0 saturated carbocycles. The largest absolute Gasteiger partial charge is 0.514 e. The fourth-order valence-electron chi connectivity index (χ4n) is 1.28. The number of aromatic nitrogens is 2. The molecule has 0 bridgehead atoms. The van der Waals surface area contributed by atoms with Crippen LogP contribution in [0, 0.1) is 0 Å². The molecule has 2 rings (SSSR count). The molecule has 0 radical (unpaired) electrons. The third-order valence-corrected chi connectivity index (χ3v) is 2.03. The van der Waals surface area contributed by atoms with Gasteiger partial charge in [-0.25, -0.2) is 4.79 Å². The number of hydrogen-bond donors (Lipinski definition) is 1. The zero-order chi connectivity index (χ0) is 11.5. The molecule has 6 heteroatoms. The smallest absolute Gasteiger partial charge is 0.437 e. The van der Waals surface area contributed by atoms with Gasteiger partial charge >= 0.3 is 6.16 Å². The Balaban J connectivity index is 2.45. The first kappa shape index (κ1) is 10.2. The van der Waals surface area contributed by atoms with Crippen molar-refractivity contribution in [2.75, 3.05) is 7.11 Å². The first-order chi connectivity index (χ1) is 7.74. The van der Waals surface area contributed by atoms with Gasteiger partial charge in [-0.15, -0.1) is 5.10 Å². The molecule has 0 aliphatic carbocycles. The normalized spacial score (nSPS) is 10.1. The summed E-state index contributed by atoms with van der Waals surface area (Å²) in [5, 5.41) is 7.02. The number of aromatic amines is 1. The number of fused-ring (bicyclic) bond motifs is 1. The van der Waals surface area contributed by atoms with Crippen LogP contribution in [-0.4, -0.2) is 29.7 Å². The molecule has 0 atom stereocenters. The van der Waals surface area contributed by atoms with Gasteiger partial charge in [0.15, 0.2) is 0 Å².